The largest absolute Gasteiger partial charge is 0.367 e. The molecule has 0 atom stereocenters. The number of hydrogen-bond donors (Lipinski definition) is 2. The van der Waals surface area contributed by atoms with Crippen molar-refractivity contribution >= 4 is 5.91 Å². The van der Waals surface area contributed by atoms with Crippen molar-refractivity contribution in [1.82, 2.24) is 15.2 Å². The molecule has 2 N–H and O–H groups in total. The zero-order valence-corrected chi connectivity index (χ0v) is 11.9. The third-order valence-corrected chi connectivity index (χ3v) is 3.83. The van der Waals surface area contributed by atoms with Crippen LogP contribution in [-0.2, 0) is 0 Å². The highest BCUT2D eigenvalue weighted by Gasteiger charge is 2.10. The van der Waals surface area contributed by atoms with Crippen LogP contribution in [0.15, 0.2) is 12.4 Å². The van der Waals surface area contributed by atoms with Crippen molar-refractivity contribution in [2.75, 3.05) is 26.2 Å². The lowest BCUT2D eigenvalue weighted by molar-refractivity contribution is 0.0952. The molecule has 19 heavy (non-hydrogen) atoms. The number of unbranched alkanes of at least 4 members (excludes halogenated alkanes) is 2. The minimum absolute atomic E-state index is 0.0401. The summed E-state index contributed by atoms with van der Waals surface area (Å²) in [5, 5.41) is 2.98. The summed E-state index contributed by atoms with van der Waals surface area (Å²) in [6.07, 6.45) is 9.87. The molecule has 106 valence electrons. The van der Waals surface area contributed by atoms with E-state index in [2.05, 4.69) is 15.2 Å². The third-order valence-electron chi connectivity index (χ3n) is 3.83. The number of nitrogens with zero attached hydrogens (tertiary/aromatic N) is 1. The molecule has 1 aliphatic heterocycles. The van der Waals surface area contributed by atoms with E-state index in [0.717, 1.165) is 24.1 Å². The second-order valence-corrected chi connectivity index (χ2v) is 5.42. The smallest absolute Gasteiger partial charge is 0.253 e. The lowest BCUT2D eigenvalue weighted by atomic mass is 10.2. The third kappa shape index (κ3) is 4.39. The average molecular weight is 263 g/mol. The van der Waals surface area contributed by atoms with E-state index in [4.69, 9.17) is 0 Å². The van der Waals surface area contributed by atoms with E-state index >= 15 is 0 Å². The van der Waals surface area contributed by atoms with Gasteiger partial charge in [-0.3, -0.25) is 4.79 Å². The van der Waals surface area contributed by atoms with E-state index in [9.17, 15) is 4.79 Å². The summed E-state index contributed by atoms with van der Waals surface area (Å²) < 4.78 is 0. The molecule has 0 spiro atoms. The van der Waals surface area contributed by atoms with Crippen molar-refractivity contribution in [3.8, 4) is 0 Å². The Morgan fingerprint density at radius 2 is 2.05 bits per heavy atom. The van der Waals surface area contributed by atoms with Gasteiger partial charge in [0, 0.05) is 18.9 Å². The monoisotopic (exact) mass is 263 g/mol. The van der Waals surface area contributed by atoms with Crippen LogP contribution in [0.25, 0.3) is 0 Å². The van der Waals surface area contributed by atoms with E-state index < -0.39 is 0 Å². The molecule has 4 nitrogen and oxygen atoms in total. The summed E-state index contributed by atoms with van der Waals surface area (Å²) in [5.41, 5.74) is 1.77. The van der Waals surface area contributed by atoms with Gasteiger partial charge in [-0.15, -0.1) is 0 Å². The Hall–Kier alpha value is -1.29. The van der Waals surface area contributed by atoms with Crippen molar-refractivity contribution in [2.24, 2.45) is 0 Å². The van der Waals surface area contributed by atoms with Crippen LogP contribution in [-0.4, -0.2) is 42.0 Å². The molecule has 0 unspecified atom stereocenters. The predicted octanol–water partition coefficient (Wildman–Crippen LogP) is 2.32. The Morgan fingerprint density at radius 3 is 2.74 bits per heavy atom. The van der Waals surface area contributed by atoms with Crippen molar-refractivity contribution < 1.29 is 4.79 Å². The SMILES string of the molecule is Cc1c[nH]cc1C(=O)NCCCCCN1CCCC1. The maximum Gasteiger partial charge on any atom is 0.253 e. The minimum atomic E-state index is 0.0401. The van der Waals surface area contributed by atoms with Gasteiger partial charge in [-0.1, -0.05) is 6.42 Å². The van der Waals surface area contributed by atoms with Gasteiger partial charge >= 0.3 is 0 Å². The Balaban J connectivity index is 1.52. The van der Waals surface area contributed by atoms with Gasteiger partial charge < -0.3 is 15.2 Å². The first-order valence-corrected chi connectivity index (χ1v) is 7.41. The lowest BCUT2D eigenvalue weighted by Crippen LogP contribution is -2.25. The van der Waals surface area contributed by atoms with Crippen LogP contribution in [0.2, 0.25) is 0 Å². The van der Waals surface area contributed by atoms with Gasteiger partial charge in [-0.2, -0.15) is 0 Å². The fraction of sp³-hybridized carbons (Fsp3) is 0.667. The van der Waals surface area contributed by atoms with Crippen LogP contribution in [0.5, 0.6) is 0 Å². The number of aryl methyl sites for hydroxylation is 1. The van der Waals surface area contributed by atoms with Gasteiger partial charge in [-0.25, -0.2) is 0 Å². The molecule has 1 aliphatic rings. The Bertz CT molecular complexity index is 394. The molecule has 1 fully saturated rings. The second-order valence-electron chi connectivity index (χ2n) is 5.42. The lowest BCUT2D eigenvalue weighted by Gasteiger charge is -2.13. The summed E-state index contributed by atoms with van der Waals surface area (Å²) >= 11 is 0. The number of amides is 1. The zero-order valence-electron chi connectivity index (χ0n) is 11.9. The molecular formula is C15H25N3O. The van der Waals surface area contributed by atoms with Gasteiger partial charge in [0.1, 0.15) is 0 Å². The maximum atomic E-state index is 11.8. The quantitative estimate of drug-likeness (QED) is 0.742. The number of aromatic amines is 1. The molecule has 2 rings (SSSR count). The minimum Gasteiger partial charge on any atom is -0.367 e. The molecule has 0 aliphatic carbocycles. The number of hydrogen-bond acceptors (Lipinski definition) is 2. The number of aromatic nitrogens is 1. The van der Waals surface area contributed by atoms with E-state index in [1.807, 2.05) is 13.1 Å². The number of carbonyl (C=O) groups is 1. The molecular weight excluding hydrogens is 238 g/mol. The van der Waals surface area contributed by atoms with Gasteiger partial charge in [0.25, 0.3) is 5.91 Å². The maximum absolute atomic E-state index is 11.8. The number of rotatable bonds is 7. The van der Waals surface area contributed by atoms with Crippen molar-refractivity contribution in [1.29, 1.82) is 0 Å². The molecule has 1 saturated heterocycles. The molecule has 4 heteroatoms. The average Bonchev–Trinajstić information content (AvgIpc) is 3.04. The first-order chi connectivity index (χ1) is 9.27. The first-order valence-electron chi connectivity index (χ1n) is 7.41. The molecule has 2 heterocycles. The second kappa shape index (κ2) is 7.34. The highest BCUT2D eigenvalue weighted by Crippen LogP contribution is 2.09. The van der Waals surface area contributed by atoms with E-state index in [1.165, 1.54) is 45.3 Å². The van der Waals surface area contributed by atoms with Crippen LogP contribution < -0.4 is 5.32 Å². The topological polar surface area (TPSA) is 48.1 Å². The summed E-state index contributed by atoms with van der Waals surface area (Å²) in [6, 6.07) is 0. The molecule has 0 radical (unpaired) electrons. The van der Waals surface area contributed by atoms with Crippen molar-refractivity contribution in [3.63, 3.8) is 0 Å². The van der Waals surface area contributed by atoms with Crippen LogP contribution in [0, 0.1) is 6.92 Å². The number of H-pyrrole nitrogens is 1. The fourth-order valence-corrected chi connectivity index (χ4v) is 2.63. The molecule has 0 saturated carbocycles. The van der Waals surface area contributed by atoms with E-state index in [1.54, 1.807) is 6.20 Å². The number of likely N-dealkylation sites (tertiary alicyclic amines) is 1. The molecule has 0 aromatic carbocycles. The van der Waals surface area contributed by atoms with Gasteiger partial charge in [0.2, 0.25) is 0 Å². The highest BCUT2D eigenvalue weighted by molar-refractivity contribution is 5.95. The Kier molecular flexibility index (Phi) is 5.45. The summed E-state index contributed by atoms with van der Waals surface area (Å²) in [7, 11) is 0. The van der Waals surface area contributed by atoms with Crippen LogP contribution in [0.3, 0.4) is 0 Å². The normalized spacial score (nSPS) is 15.8. The van der Waals surface area contributed by atoms with Crippen molar-refractivity contribution in [3.05, 3.63) is 23.5 Å². The molecule has 0 bridgehead atoms. The van der Waals surface area contributed by atoms with E-state index in [0.29, 0.717) is 0 Å². The van der Waals surface area contributed by atoms with E-state index in [-0.39, 0.29) is 5.91 Å². The number of carbonyl (C=O) groups excluding carboxylic acids is 1. The standard InChI is InChI=1S/C15H25N3O/c1-13-11-16-12-14(13)15(19)17-7-3-2-4-8-18-9-5-6-10-18/h11-12,16H,2-10H2,1H3,(H,17,19). The molecule has 1 aromatic rings. The van der Waals surface area contributed by atoms with Crippen LogP contribution in [0.4, 0.5) is 0 Å². The zero-order chi connectivity index (χ0) is 13.5. The Labute approximate surface area is 115 Å². The molecule has 1 amide bonds. The van der Waals surface area contributed by atoms with Crippen LogP contribution in [0.1, 0.15) is 48.0 Å². The van der Waals surface area contributed by atoms with Gasteiger partial charge in [0.15, 0.2) is 0 Å². The summed E-state index contributed by atoms with van der Waals surface area (Å²) in [5.74, 6) is 0.0401. The number of nitrogens with one attached hydrogen (secondary N) is 2. The summed E-state index contributed by atoms with van der Waals surface area (Å²) in [4.78, 5) is 17.3. The predicted molar refractivity (Wildman–Crippen MR) is 77.4 cm³/mol. The fourth-order valence-electron chi connectivity index (χ4n) is 2.63. The van der Waals surface area contributed by atoms with Crippen molar-refractivity contribution in [2.45, 2.75) is 39.0 Å². The first kappa shape index (κ1) is 14.1. The molecule has 1 aromatic heterocycles. The Morgan fingerprint density at radius 1 is 1.26 bits per heavy atom. The highest BCUT2D eigenvalue weighted by atomic mass is 16.1. The summed E-state index contributed by atoms with van der Waals surface area (Å²) in [6.45, 7) is 6.52. The van der Waals surface area contributed by atoms with Gasteiger partial charge in [0.05, 0.1) is 5.56 Å². The van der Waals surface area contributed by atoms with Gasteiger partial charge in [-0.05, 0) is 57.8 Å². The van der Waals surface area contributed by atoms with Crippen LogP contribution >= 0.6 is 0 Å².